The van der Waals surface area contributed by atoms with Crippen LogP contribution in [-0.2, 0) is 0 Å². The van der Waals surface area contributed by atoms with Gasteiger partial charge in [0.2, 0.25) is 0 Å². The maximum atomic E-state index is 11.2. The highest BCUT2D eigenvalue weighted by molar-refractivity contribution is 8.08. The number of rotatable bonds is 3. The van der Waals surface area contributed by atoms with E-state index in [1.54, 1.807) is 24.3 Å². The van der Waals surface area contributed by atoms with Crippen molar-refractivity contribution in [3.8, 4) is 0 Å². The zero-order valence-electron chi connectivity index (χ0n) is 11.4. The predicted molar refractivity (Wildman–Crippen MR) is 83.3 cm³/mol. The molecule has 2 heterocycles. The first kappa shape index (κ1) is 13.7. The van der Waals surface area contributed by atoms with Gasteiger partial charge in [-0.2, -0.15) is 0 Å². The summed E-state index contributed by atoms with van der Waals surface area (Å²) < 4.78 is 5.36. The minimum Gasteiger partial charge on any atom is -0.468 e. The van der Waals surface area contributed by atoms with E-state index in [-0.39, 0.29) is 10.6 Å². The van der Waals surface area contributed by atoms with E-state index in [1.165, 1.54) is 23.6 Å². The minimum absolute atomic E-state index is 0.144. The second kappa shape index (κ2) is 5.61. The van der Waals surface area contributed by atoms with Crippen molar-refractivity contribution in [3.63, 3.8) is 0 Å². The highest BCUT2D eigenvalue weighted by Gasteiger charge is 2.33. The fourth-order valence-electron chi connectivity index (χ4n) is 2.16. The lowest BCUT2D eigenvalue weighted by atomic mass is 10.1. The summed E-state index contributed by atoms with van der Waals surface area (Å²) in [6, 6.07) is 11.6. The Morgan fingerprint density at radius 3 is 2.57 bits per heavy atom. The molecule has 1 atom stereocenters. The van der Waals surface area contributed by atoms with Gasteiger partial charge in [-0.3, -0.25) is 10.1 Å². The maximum absolute atomic E-state index is 11.2. The van der Waals surface area contributed by atoms with Crippen LogP contribution in [0.4, 0.5) is 0 Å². The van der Waals surface area contributed by atoms with Crippen molar-refractivity contribution >= 4 is 16.7 Å². The van der Waals surface area contributed by atoms with Gasteiger partial charge in [-0.1, -0.05) is 29.8 Å². The lowest BCUT2D eigenvalue weighted by Gasteiger charge is -2.17. The molecule has 106 valence electrons. The summed E-state index contributed by atoms with van der Waals surface area (Å²) in [4.78, 5) is 11.9. The summed E-state index contributed by atoms with van der Waals surface area (Å²) in [5.74, 6) is 0.598. The third-order valence-corrected chi connectivity index (χ3v) is 4.60. The van der Waals surface area contributed by atoms with Gasteiger partial charge in [0.15, 0.2) is 5.25 Å². The Labute approximate surface area is 126 Å². The topological polar surface area (TPSA) is 56.3 Å². The largest absolute Gasteiger partial charge is 0.468 e. The number of hydrogen-bond acceptors (Lipinski definition) is 4. The zero-order valence-corrected chi connectivity index (χ0v) is 12.2. The molecule has 1 aliphatic heterocycles. The Balaban J connectivity index is 1.98. The summed E-state index contributed by atoms with van der Waals surface area (Å²) in [5, 5.41) is 10.8. The van der Waals surface area contributed by atoms with Crippen LogP contribution >= 0.6 is 11.8 Å². The van der Waals surface area contributed by atoms with E-state index in [0.717, 1.165) is 10.5 Å². The Hall–Kier alpha value is -2.27. The lowest BCUT2D eigenvalue weighted by Crippen LogP contribution is -2.09. The molecule has 0 fully saturated rings. The van der Waals surface area contributed by atoms with Crippen molar-refractivity contribution in [2.75, 3.05) is 0 Å². The third-order valence-electron chi connectivity index (χ3n) is 3.27. The smallest absolute Gasteiger partial charge is 0.267 e. The number of furan rings is 1. The van der Waals surface area contributed by atoms with E-state index in [1.807, 2.05) is 31.2 Å². The van der Waals surface area contributed by atoms with Crippen LogP contribution < -0.4 is 0 Å². The van der Waals surface area contributed by atoms with Crippen LogP contribution in [0, 0.1) is 17.0 Å². The zero-order chi connectivity index (χ0) is 14.8. The molecule has 21 heavy (non-hydrogen) atoms. The average Bonchev–Trinajstić information content (AvgIpc) is 3.01. The van der Waals surface area contributed by atoms with Crippen LogP contribution in [-0.4, -0.2) is 4.92 Å². The van der Waals surface area contributed by atoms with Gasteiger partial charge < -0.3 is 4.42 Å². The molecule has 1 aliphatic rings. The van der Waals surface area contributed by atoms with Gasteiger partial charge in [0, 0.05) is 11.0 Å². The van der Waals surface area contributed by atoms with E-state index >= 15 is 0 Å². The van der Waals surface area contributed by atoms with Gasteiger partial charge in [0.25, 0.3) is 5.70 Å². The molecule has 0 amide bonds. The van der Waals surface area contributed by atoms with Gasteiger partial charge in [0.05, 0.1) is 11.2 Å². The van der Waals surface area contributed by atoms with Crippen LogP contribution in [0.3, 0.4) is 0 Å². The molecule has 3 rings (SSSR count). The lowest BCUT2D eigenvalue weighted by molar-refractivity contribution is -0.427. The van der Waals surface area contributed by atoms with Crippen molar-refractivity contribution in [2.24, 2.45) is 0 Å². The Bertz CT molecular complexity index is 714. The molecule has 1 aromatic carbocycles. The molecule has 4 nitrogen and oxygen atoms in total. The summed E-state index contributed by atoms with van der Waals surface area (Å²) in [6.07, 6.45) is 4.91. The van der Waals surface area contributed by atoms with Crippen molar-refractivity contribution in [1.29, 1.82) is 0 Å². The summed E-state index contributed by atoms with van der Waals surface area (Å²) >= 11 is 1.44. The fraction of sp³-hybridized carbons (Fsp3) is 0.125. The number of hydrogen-bond donors (Lipinski definition) is 0. The van der Waals surface area contributed by atoms with Gasteiger partial charge in [0.1, 0.15) is 5.76 Å². The van der Waals surface area contributed by atoms with Crippen molar-refractivity contribution in [2.45, 2.75) is 12.2 Å². The predicted octanol–water partition coefficient (Wildman–Crippen LogP) is 4.58. The van der Waals surface area contributed by atoms with E-state index in [4.69, 9.17) is 4.42 Å². The molecule has 0 radical (unpaired) electrons. The molecule has 0 bridgehead atoms. The molecule has 0 N–H and O–H groups in total. The van der Waals surface area contributed by atoms with E-state index in [0.29, 0.717) is 5.76 Å². The molecular weight excluding hydrogens is 286 g/mol. The van der Waals surface area contributed by atoms with Crippen molar-refractivity contribution in [3.05, 3.63) is 87.5 Å². The molecule has 2 aromatic rings. The number of allylic oxidation sites excluding steroid dienone is 2. The number of thioether (sulfide) groups is 1. The van der Waals surface area contributed by atoms with Gasteiger partial charge >= 0.3 is 0 Å². The molecule has 0 saturated carbocycles. The Morgan fingerprint density at radius 2 is 1.95 bits per heavy atom. The second-order valence-electron chi connectivity index (χ2n) is 4.76. The molecule has 0 aliphatic carbocycles. The monoisotopic (exact) mass is 299 g/mol. The average molecular weight is 299 g/mol. The molecule has 1 unspecified atom stereocenters. The summed E-state index contributed by atoms with van der Waals surface area (Å²) in [6.45, 7) is 2.03. The molecule has 0 saturated heterocycles. The van der Waals surface area contributed by atoms with Crippen LogP contribution in [0.15, 0.2) is 64.9 Å². The first-order chi connectivity index (χ1) is 10.1. The highest BCUT2D eigenvalue weighted by Crippen LogP contribution is 2.47. The molecular formula is C16H13NO3S. The van der Waals surface area contributed by atoms with Crippen molar-refractivity contribution < 1.29 is 9.34 Å². The standard InChI is InChI=1S/C16H13NO3S/c1-11-4-6-12(7-5-11)15-9-8-13(17(18)19)16(21-15)14-3-2-10-20-14/h2-10,16H,1H3. The SMILES string of the molecule is Cc1ccc(C2=CC=C([N+](=O)[O-])C(c3ccco3)S2)cc1. The van der Waals surface area contributed by atoms with E-state index in [9.17, 15) is 10.1 Å². The number of nitro groups is 1. The van der Waals surface area contributed by atoms with Gasteiger partial charge in [-0.05, 0) is 30.7 Å². The highest BCUT2D eigenvalue weighted by atomic mass is 32.2. The van der Waals surface area contributed by atoms with E-state index < -0.39 is 5.25 Å². The van der Waals surface area contributed by atoms with Crippen LogP contribution in [0.25, 0.3) is 4.91 Å². The van der Waals surface area contributed by atoms with Crippen molar-refractivity contribution in [1.82, 2.24) is 0 Å². The Morgan fingerprint density at radius 1 is 1.19 bits per heavy atom. The number of nitrogens with zero attached hydrogens (tertiary/aromatic N) is 1. The first-order valence-corrected chi connectivity index (χ1v) is 7.36. The second-order valence-corrected chi connectivity index (χ2v) is 5.91. The molecule has 0 spiro atoms. The van der Waals surface area contributed by atoms with Crippen LogP contribution in [0.2, 0.25) is 0 Å². The fourth-order valence-corrected chi connectivity index (χ4v) is 3.37. The maximum Gasteiger partial charge on any atom is 0.267 e. The third kappa shape index (κ3) is 2.78. The summed E-state index contributed by atoms with van der Waals surface area (Å²) in [5.41, 5.74) is 2.39. The number of aryl methyl sites for hydroxylation is 1. The van der Waals surface area contributed by atoms with Crippen LogP contribution in [0.5, 0.6) is 0 Å². The van der Waals surface area contributed by atoms with Gasteiger partial charge in [-0.15, -0.1) is 11.8 Å². The molecule has 5 heteroatoms. The minimum atomic E-state index is -0.420. The number of benzene rings is 1. The quantitative estimate of drug-likeness (QED) is 0.615. The first-order valence-electron chi connectivity index (χ1n) is 6.48. The van der Waals surface area contributed by atoms with E-state index in [2.05, 4.69) is 0 Å². The molecule has 1 aromatic heterocycles. The van der Waals surface area contributed by atoms with Gasteiger partial charge in [-0.25, -0.2) is 0 Å². The van der Waals surface area contributed by atoms with Crippen LogP contribution in [0.1, 0.15) is 22.1 Å². The Kier molecular flexibility index (Phi) is 3.66. The normalized spacial score (nSPS) is 18.0. The summed E-state index contributed by atoms with van der Waals surface area (Å²) in [7, 11) is 0.